The predicted molar refractivity (Wildman–Crippen MR) is 105 cm³/mol. The van der Waals surface area contributed by atoms with Crippen LogP contribution >= 0.6 is 12.6 Å². The van der Waals surface area contributed by atoms with Gasteiger partial charge in [-0.05, 0) is 24.2 Å². The summed E-state index contributed by atoms with van der Waals surface area (Å²) in [4.78, 5) is 26.2. The first kappa shape index (κ1) is 23.0. The molecule has 0 aliphatic heterocycles. The number of carbonyl (C=O) groups is 2. The molecule has 0 aromatic rings. The second kappa shape index (κ2) is 9.50. The Hall–Kier alpha value is -0.970. The van der Waals surface area contributed by atoms with Crippen molar-refractivity contribution in [3.8, 4) is 0 Å². The van der Waals surface area contributed by atoms with Gasteiger partial charge in [-0.25, -0.2) is 0 Å². The number of rotatable bonds is 10. The van der Waals surface area contributed by atoms with Crippen LogP contribution in [0.2, 0.25) is 0 Å². The van der Waals surface area contributed by atoms with E-state index < -0.39 is 0 Å². The predicted octanol–water partition coefficient (Wildman–Crippen LogP) is 3.53. The number of nitrogens with zero attached hydrogens (tertiary/aromatic N) is 1. The molecule has 2 unspecified atom stereocenters. The molecule has 2 atom stereocenters. The van der Waals surface area contributed by atoms with Crippen LogP contribution in [0.3, 0.4) is 0 Å². The van der Waals surface area contributed by atoms with Crippen LogP contribution < -0.4 is 5.32 Å². The first-order valence-corrected chi connectivity index (χ1v) is 9.07. The van der Waals surface area contributed by atoms with Gasteiger partial charge in [-0.2, -0.15) is 12.6 Å². The summed E-state index contributed by atoms with van der Waals surface area (Å²) in [6.45, 7) is 14.6. The third-order valence-electron chi connectivity index (χ3n) is 4.75. The maximum atomic E-state index is 12.7. The Balaban J connectivity index is 5.08. The number of hydrogen-bond donors (Lipinski definition) is 2. The quantitative estimate of drug-likeness (QED) is 0.465. The monoisotopic (exact) mass is 356 g/mol. The van der Waals surface area contributed by atoms with E-state index in [0.717, 1.165) is 6.42 Å². The van der Waals surface area contributed by atoms with Crippen LogP contribution in [-0.4, -0.2) is 42.1 Å². The van der Waals surface area contributed by atoms with Crippen molar-refractivity contribution in [3.63, 3.8) is 0 Å². The topological polar surface area (TPSA) is 49.4 Å². The summed E-state index contributed by atoms with van der Waals surface area (Å²) < 4.78 is -0.220. The van der Waals surface area contributed by atoms with Gasteiger partial charge in [0, 0.05) is 37.7 Å². The van der Waals surface area contributed by atoms with Crippen molar-refractivity contribution in [1.29, 1.82) is 0 Å². The molecule has 0 aromatic carbocycles. The van der Waals surface area contributed by atoms with Crippen LogP contribution in [0.15, 0.2) is 12.7 Å². The third-order valence-corrected chi connectivity index (χ3v) is 4.94. The fraction of sp³-hybridized carbons (Fsp3) is 0.789. The molecule has 0 rings (SSSR count). The molecule has 4 nitrogen and oxygen atoms in total. The van der Waals surface area contributed by atoms with Crippen LogP contribution in [0.4, 0.5) is 0 Å². The van der Waals surface area contributed by atoms with Crippen LogP contribution in [-0.2, 0) is 9.59 Å². The average molecular weight is 357 g/mol. The third kappa shape index (κ3) is 8.22. The SMILES string of the molecule is C=CCNC(=O)CCC(C)(C)C(C)C(CC(C)(C)S)C(=O)N(C)C. The maximum Gasteiger partial charge on any atom is 0.225 e. The number of hydrogen-bond acceptors (Lipinski definition) is 3. The minimum atomic E-state index is -0.220. The average Bonchev–Trinajstić information content (AvgIpc) is 2.46. The normalized spacial score (nSPS) is 14.7. The van der Waals surface area contributed by atoms with Gasteiger partial charge in [-0.3, -0.25) is 9.59 Å². The van der Waals surface area contributed by atoms with Gasteiger partial charge in [-0.15, -0.1) is 6.58 Å². The van der Waals surface area contributed by atoms with Gasteiger partial charge in [0.1, 0.15) is 0 Å². The molecule has 0 spiro atoms. The van der Waals surface area contributed by atoms with Gasteiger partial charge in [0.2, 0.25) is 11.8 Å². The Bertz CT molecular complexity index is 439. The molecule has 0 saturated heterocycles. The highest BCUT2D eigenvalue weighted by atomic mass is 32.1. The first-order valence-electron chi connectivity index (χ1n) is 8.63. The van der Waals surface area contributed by atoms with Crippen molar-refractivity contribution in [2.24, 2.45) is 17.3 Å². The molecule has 0 fully saturated rings. The molecule has 0 saturated carbocycles. The zero-order chi connectivity index (χ0) is 19.1. The highest BCUT2D eigenvalue weighted by Crippen LogP contribution is 2.41. The van der Waals surface area contributed by atoms with E-state index >= 15 is 0 Å². The van der Waals surface area contributed by atoms with E-state index in [9.17, 15) is 9.59 Å². The Labute approximate surface area is 153 Å². The molecular formula is C19H36N2O2S. The van der Waals surface area contributed by atoms with E-state index in [1.807, 2.05) is 13.8 Å². The summed E-state index contributed by atoms with van der Waals surface area (Å²) in [6, 6.07) is 0. The van der Waals surface area contributed by atoms with Crippen molar-refractivity contribution in [2.75, 3.05) is 20.6 Å². The maximum absolute atomic E-state index is 12.7. The molecule has 0 aliphatic rings. The van der Waals surface area contributed by atoms with E-state index in [-0.39, 0.29) is 33.8 Å². The lowest BCUT2D eigenvalue weighted by molar-refractivity contribution is -0.137. The van der Waals surface area contributed by atoms with Gasteiger partial charge in [0.05, 0.1) is 0 Å². The highest BCUT2D eigenvalue weighted by Gasteiger charge is 2.39. The van der Waals surface area contributed by atoms with Crippen molar-refractivity contribution in [1.82, 2.24) is 10.2 Å². The van der Waals surface area contributed by atoms with Crippen LogP contribution in [0.5, 0.6) is 0 Å². The van der Waals surface area contributed by atoms with Crippen LogP contribution in [0.25, 0.3) is 0 Å². The lowest BCUT2D eigenvalue weighted by Gasteiger charge is -2.39. The smallest absolute Gasteiger partial charge is 0.225 e. The molecule has 0 aliphatic carbocycles. The zero-order valence-electron chi connectivity index (χ0n) is 16.5. The van der Waals surface area contributed by atoms with Gasteiger partial charge >= 0.3 is 0 Å². The second-order valence-corrected chi connectivity index (χ2v) is 9.44. The summed E-state index contributed by atoms with van der Waals surface area (Å²) in [6.07, 6.45) is 3.58. The fourth-order valence-corrected chi connectivity index (χ4v) is 3.03. The molecular weight excluding hydrogens is 320 g/mol. The fourth-order valence-electron chi connectivity index (χ4n) is 2.83. The largest absolute Gasteiger partial charge is 0.353 e. The Kier molecular flexibility index (Phi) is 9.11. The lowest BCUT2D eigenvalue weighted by Crippen LogP contribution is -2.41. The Morgan fingerprint density at radius 2 is 1.79 bits per heavy atom. The number of amides is 2. The lowest BCUT2D eigenvalue weighted by atomic mass is 9.68. The molecule has 0 aromatic heterocycles. The molecule has 140 valence electrons. The minimum Gasteiger partial charge on any atom is -0.353 e. The van der Waals surface area contributed by atoms with Gasteiger partial charge in [-0.1, -0.05) is 40.7 Å². The summed E-state index contributed by atoms with van der Waals surface area (Å²) in [7, 11) is 3.59. The number of carbonyl (C=O) groups excluding carboxylic acids is 2. The van der Waals surface area contributed by atoms with E-state index in [1.165, 1.54) is 0 Å². The van der Waals surface area contributed by atoms with Crippen molar-refractivity contribution in [2.45, 2.75) is 58.6 Å². The molecule has 2 amide bonds. The molecule has 5 heteroatoms. The molecule has 1 N–H and O–H groups in total. The standard InChI is InChI=1S/C19H36N2O2S/c1-9-12-20-16(22)10-11-18(3,4)14(2)15(13-19(5,6)24)17(23)21(7)8/h9,14-15,24H,1,10-13H2,2-8H3,(H,20,22). The molecule has 0 heterocycles. The summed E-state index contributed by atoms with van der Waals surface area (Å²) in [5.41, 5.74) is -0.124. The van der Waals surface area contributed by atoms with E-state index in [4.69, 9.17) is 0 Å². The van der Waals surface area contributed by atoms with Gasteiger partial charge < -0.3 is 10.2 Å². The summed E-state index contributed by atoms with van der Waals surface area (Å²) in [5, 5.41) is 2.81. The van der Waals surface area contributed by atoms with Crippen LogP contribution in [0, 0.1) is 17.3 Å². The van der Waals surface area contributed by atoms with E-state index in [1.54, 1.807) is 25.1 Å². The van der Waals surface area contributed by atoms with Gasteiger partial charge in [0.25, 0.3) is 0 Å². The van der Waals surface area contributed by atoms with Crippen molar-refractivity contribution in [3.05, 3.63) is 12.7 Å². The van der Waals surface area contributed by atoms with Crippen LogP contribution in [0.1, 0.15) is 53.9 Å². The van der Waals surface area contributed by atoms with Crippen molar-refractivity contribution < 1.29 is 9.59 Å². The summed E-state index contributed by atoms with van der Waals surface area (Å²) >= 11 is 4.63. The van der Waals surface area contributed by atoms with Gasteiger partial charge in [0.15, 0.2) is 0 Å². The second-order valence-electron chi connectivity index (χ2n) is 8.23. The Morgan fingerprint density at radius 3 is 2.21 bits per heavy atom. The Morgan fingerprint density at radius 1 is 1.25 bits per heavy atom. The van der Waals surface area contributed by atoms with E-state index in [2.05, 4.69) is 45.3 Å². The first-order chi connectivity index (χ1) is 10.8. The number of nitrogens with one attached hydrogen (secondary N) is 1. The summed E-state index contributed by atoms with van der Waals surface area (Å²) in [5.74, 6) is 0.193. The molecule has 0 bridgehead atoms. The highest BCUT2D eigenvalue weighted by molar-refractivity contribution is 7.81. The molecule has 24 heavy (non-hydrogen) atoms. The minimum absolute atomic E-state index is 0.0280. The number of thiol groups is 1. The zero-order valence-corrected chi connectivity index (χ0v) is 17.4. The van der Waals surface area contributed by atoms with Crippen molar-refractivity contribution >= 4 is 24.4 Å². The van der Waals surface area contributed by atoms with E-state index in [0.29, 0.717) is 19.4 Å². The molecule has 0 radical (unpaired) electrons.